The van der Waals surface area contributed by atoms with E-state index in [2.05, 4.69) is 15.6 Å². The highest BCUT2D eigenvalue weighted by Crippen LogP contribution is 2.34. The molecule has 0 unspecified atom stereocenters. The monoisotopic (exact) mass is 363 g/mol. The van der Waals surface area contributed by atoms with Gasteiger partial charge in [0.05, 0.1) is 14.9 Å². The van der Waals surface area contributed by atoms with E-state index >= 15 is 0 Å². The standard InChI is InChI=1S/C13H14ClN3OS2.ClH/c1-7-11(12(18)16-6-8-4-15-5-8)20-13(17-7)9-2-3-10(14)19-9;/h2-3,8,15H,4-6H2,1H3,(H,16,18);1H. The van der Waals surface area contributed by atoms with Crippen molar-refractivity contribution in [3.05, 3.63) is 27.0 Å². The first-order chi connectivity index (χ1) is 9.63. The smallest absolute Gasteiger partial charge is 0.263 e. The normalized spacial score (nSPS) is 14.4. The molecule has 3 rings (SSSR count). The molecule has 3 heterocycles. The summed E-state index contributed by atoms with van der Waals surface area (Å²) in [5, 5.41) is 7.03. The molecule has 1 amide bonds. The predicted molar refractivity (Wildman–Crippen MR) is 91.1 cm³/mol. The lowest BCUT2D eigenvalue weighted by molar-refractivity contribution is 0.0945. The number of aromatic nitrogens is 1. The van der Waals surface area contributed by atoms with Gasteiger partial charge in [-0.2, -0.15) is 0 Å². The fraction of sp³-hybridized carbons (Fsp3) is 0.385. The van der Waals surface area contributed by atoms with Gasteiger partial charge in [0.1, 0.15) is 9.88 Å². The minimum absolute atomic E-state index is 0. The van der Waals surface area contributed by atoms with Crippen molar-refractivity contribution >= 4 is 52.6 Å². The summed E-state index contributed by atoms with van der Waals surface area (Å²) in [7, 11) is 0. The molecule has 1 aliphatic rings. The minimum atomic E-state index is -0.0270. The van der Waals surface area contributed by atoms with E-state index in [1.165, 1.54) is 22.7 Å². The summed E-state index contributed by atoms with van der Waals surface area (Å²) in [4.78, 5) is 18.3. The first-order valence-electron chi connectivity index (χ1n) is 6.35. The fourth-order valence-electron chi connectivity index (χ4n) is 1.95. The van der Waals surface area contributed by atoms with Gasteiger partial charge in [-0.15, -0.1) is 35.1 Å². The van der Waals surface area contributed by atoms with Crippen LogP contribution in [0, 0.1) is 12.8 Å². The average Bonchev–Trinajstić information content (AvgIpc) is 2.93. The molecule has 1 fully saturated rings. The molecule has 0 atom stereocenters. The van der Waals surface area contributed by atoms with E-state index in [0.717, 1.165) is 39.5 Å². The molecular weight excluding hydrogens is 349 g/mol. The van der Waals surface area contributed by atoms with Crippen LogP contribution in [0.4, 0.5) is 0 Å². The van der Waals surface area contributed by atoms with Crippen LogP contribution in [0.25, 0.3) is 9.88 Å². The maximum atomic E-state index is 12.2. The van der Waals surface area contributed by atoms with Crippen molar-refractivity contribution in [1.29, 1.82) is 0 Å². The summed E-state index contributed by atoms with van der Waals surface area (Å²) in [5.41, 5.74) is 0.777. The highest BCUT2D eigenvalue weighted by Gasteiger charge is 2.20. The first-order valence-corrected chi connectivity index (χ1v) is 8.36. The Morgan fingerprint density at radius 2 is 2.24 bits per heavy atom. The Balaban J connectivity index is 0.00000161. The molecular formula is C13H15Cl2N3OS2. The number of nitrogens with one attached hydrogen (secondary N) is 2. The maximum absolute atomic E-state index is 12.2. The van der Waals surface area contributed by atoms with Gasteiger partial charge in [0.15, 0.2) is 0 Å². The predicted octanol–water partition coefficient (Wildman–Crippen LogP) is 3.20. The van der Waals surface area contributed by atoms with E-state index in [1.54, 1.807) is 0 Å². The van der Waals surface area contributed by atoms with Crippen LogP contribution in [0.2, 0.25) is 4.34 Å². The molecule has 0 aromatic carbocycles. The Morgan fingerprint density at radius 1 is 1.48 bits per heavy atom. The molecule has 2 N–H and O–H groups in total. The van der Waals surface area contributed by atoms with Crippen LogP contribution in [0.15, 0.2) is 12.1 Å². The Bertz CT molecular complexity index is 637. The van der Waals surface area contributed by atoms with Crippen molar-refractivity contribution < 1.29 is 4.79 Å². The second-order valence-electron chi connectivity index (χ2n) is 4.77. The third-order valence-corrected chi connectivity index (χ3v) is 5.76. The third-order valence-electron chi connectivity index (χ3n) is 3.20. The lowest BCUT2D eigenvalue weighted by Gasteiger charge is -2.26. The summed E-state index contributed by atoms with van der Waals surface area (Å²) in [5.74, 6) is 0.531. The second-order valence-corrected chi connectivity index (χ2v) is 7.49. The van der Waals surface area contributed by atoms with Gasteiger partial charge in [0.2, 0.25) is 0 Å². The number of hydrogen-bond acceptors (Lipinski definition) is 5. The molecule has 0 bridgehead atoms. The first kappa shape index (κ1) is 16.7. The van der Waals surface area contributed by atoms with E-state index in [9.17, 15) is 4.79 Å². The fourth-order valence-corrected chi connectivity index (χ4v) is 4.03. The Kier molecular flexibility index (Phi) is 5.62. The number of nitrogens with zero attached hydrogens (tertiary/aromatic N) is 1. The van der Waals surface area contributed by atoms with Crippen LogP contribution >= 0.6 is 46.7 Å². The molecule has 2 aromatic rings. The molecule has 0 spiro atoms. The summed E-state index contributed by atoms with van der Waals surface area (Å²) >= 11 is 8.84. The molecule has 4 nitrogen and oxygen atoms in total. The summed E-state index contributed by atoms with van der Waals surface area (Å²) in [6, 6.07) is 3.79. The van der Waals surface area contributed by atoms with E-state index in [0.29, 0.717) is 10.8 Å². The van der Waals surface area contributed by atoms with Gasteiger partial charge in [-0.1, -0.05) is 11.6 Å². The third kappa shape index (κ3) is 3.76. The summed E-state index contributed by atoms with van der Waals surface area (Å²) < 4.78 is 0.733. The van der Waals surface area contributed by atoms with Gasteiger partial charge in [0.25, 0.3) is 5.91 Å². The molecule has 8 heteroatoms. The average molecular weight is 364 g/mol. The number of carbonyl (C=O) groups is 1. The number of thiophene rings is 1. The zero-order chi connectivity index (χ0) is 14.1. The SMILES string of the molecule is Cc1nc(-c2ccc(Cl)s2)sc1C(=O)NCC1CNC1.Cl. The molecule has 1 saturated heterocycles. The molecule has 1 aliphatic heterocycles. The largest absolute Gasteiger partial charge is 0.351 e. The van der Waals surface area contributed by atoms with Crippen LogP contribution in [-0.4, -0.2) is 30.5 Å². The van der Waals surface area contributed by atoms with Crippen LogP contribution in [0.1, 0.15) is 15.4 Å². The highest BCUT2D eigenvalue weighted by atomic mass is 35.5. The van der Waals surface area contributed by atoms with Crippen molar-refractivity contribution in [1.82, 2.24) is 15.6 Å². The van der Waals surface area contributed by atoms with Gasteiger partial charge in [-0.3, -0.25) is 4.79 Å². The Morgan fingerprint density at radius 3 is 2.81 bits per heavy atom. The van der Waals surface area contributed by atoms with Crippen LogP contribution < -0.4 is 10.6 Å². The van der Waals surface area contributed by atoms with Crippen molar-refractivity contribution in [2.45, 2.75) is 6.92 Å². The topological polar surface area (TPSA) is 54.0 Å². The van der Waals surface area contributed by atoms with Gasteiger partial charge in [0, 0.05) is 25.6 Å². The van der Waals surface area contributed by atoms with E-state index in [1.807, 2.05) is 19.1 Å². The minimum Gasteiger partial charge on any atom is -0.351 e. The van der Waals surface area contributed by atoms with Crippen LogP contribution in [0.5, 0.6) is 0 Å². The van der Waals surface area contributed by atoms with Crippen molar-refractivity contribution in [2.24, 2.45) is 5.92 Å². The summed E-state index contributed by atoms with van der Waals surface area (Å²) in [6.07, 6.45) is 0. The van der Waals surface area contributed by atoms with E-state index in [4.69, 9.17) is 11.6 Å². The lowest BCUT2D eigenvalue weighted by Crippen LogP contribution is -2.48. The van der Waals surface area contributed by atoms with Gasteiger partial charge in [-0.25, -0.2) is 4.98 Å². The van der Waals surface area contributed by atoms with E-state index < -0.39 is 0 Å². The Labute approximate surface area is 142 Å². The molecule has 0 radical (unpaired) electrons. The summed E-state index contributed by atoms with van der Waals surface area (Å²) in [6.45, 7) is 4.57. The molecule has 114 valence electrons. The molecule has 0 aliphatic carbocycles. The van der Waals surface area contributed by atoms with Crippen molar-refractivity contribution in [3.63, 3.8) is 0 Å². The number of hydrogen-bond donors (Lipinski definition) is 2. The zero-order valence-electron chi connectivity index (χ0n) is 11.3. The van der Waals surface area contributed by atoms with E-state index in [-0.39, 0.29) is 18.3 Å². The van der Waals surface area contributed by atoms with Gasteiger partial charge in [-0.05, 0) is 19.1 Å². The molecule has 0 saturated carbocycles. The van der Waals surface area contributed by atoms with Gasteiger partial charge < -0.3 is 10.6 Å². The lowest BCUT2D eigenvalue weighted by atomic mass is 10.0. The van der Waals surface area contributed by atoms with Gasteiger partial charge >= 0.3 is 0 Å². The zero-order valence-corrected chi connectivity index (χ0v) is 14.5. The maximum Gasteiger partial charge on any atom is 0.263 e. The highest BCUT2D eigenvalue weighted by molar-refractivity contribution is 7.24. The Hall–Kier alpha value is -0.660. The number of carbonyl (C=O) groups excluding carboxylic acids is 1. The molecule has 21 heavy (non-hydrogen) atoms. The second kappa shape index (κ2) is 7.07. The molecule has 2 aromatic heterocycles. The number of aryl methyl sites for hydroxylation is 1. The quantitative estimate of drug-likeness (QED) is 0.876. The van der Waals surface area contributed by atoms with Crippen LogP contribution in [0.3, 0.4) is 0 Å². The number of amides is 1. The van der Waals surface area contributed by atoms with Crippen molar-refractivity contribution in [2.75, 3.05) is 19.6 Å². The van der Waals surface area contributed by atoms with Crippen molar-refractivity contribution in [3.8, 4) is 9.88 Å². The number of halogens is 2. The number of thiazole rings is 1. The number of rotatable bonds is 4. The van der Waals surface area contributed by atoms with Crippen LogP contribution in [-0.2, 0) is 0 Å².